The molecule has 19 heavy (non-hydrogen) atoms. The molecule has 0 aliphatic carbocycles. The molecular weight excluding hydrogens is 302 g/mol. The summed E-state index contributed by atoms with van der Waals surface area (Å²) >= 11 is 3.48. The monoisotopic (exact) mass is 329 g/mol. The highest BCUT2D eigenvalue weighted by Crippen LogP contribution is 2.28. The van der Waals surface area contributed by atoms with Crippen LogP contribution in [0, 0.1) is 0 Å². The second kappa shape index (κ2) is 10.5. The molecule has 0 aliphatic heterocycles. The molecule has 1 heterocycles. The van der Waals surface area contributed by atoms with Gasteiger partial charge in [0.25, 0.3) is 0 Å². The summed E-state index contributed by atoms with van der Waals surface area (Å²) in [4.78, 5) is 0. The summed E-state index contributed by atoms with van der Waals surface area (Å²) in [7, 11) is 0. The first-order valence-electron chi connectivity index (χ1n) is 7.75. The summed E-state index contributed by atoms with van der Waals surface area (Å²) in [6, 6.07) is 2.49. The topological polar surface area (TPSA) is 25.2 Å². The van der Waals surface area contributed by atoms with Gasteiger partial charge in [-0.2, -0.15) is 0 Å². The predicted molar refractivity (Wildman–Crippen MR) is 85.4 cm³/mol. The lowest BCUT2D eigenvalue weighted by Gasteiger charge is -2.16. The van der Waals surface area contributed by atoms with E-state index in [1.807, 2.05) is 0 Å². The molecule has 3 heteroatoms. The Morgan fingerprint density at radius 2 is 1.79 bits per heavy atom. The standard InChI is InChI=1S/C16H28BrNO/c1-3-5-6-7-8-9-10-11-15(18-4-2)14-12-13-19-16(14)17/h12-13,15,18H,3-11H2,1-2H3. The summed E-state index contributed by atoms with van der Waals surface area (Å²) in [6.07, 6.45) is 12.5. The summed E-state index contributed by atoms with van der Waals surface area (Å²) in [5, 5.41) is 3.55. The fourth-order valence-corrected chi connectivity index (χ4v) is 2.99. The molecule has 0 saturated heterocycles. The number of furan rings is 1. The number of halogens is 1. The van der Waals surface area contributed by atoms with E-state index < -0.39 is 0 Å². The SMILES string of the molecule is CCCCCCCCCC(NCC)c1ccoc1Br. The second-order valence-electron chi connectivity index (χ2n) is 5.17. The van der Waals surface area contributed by atoms with Gasteiger partial charge in [-0.1, -0.05) is 58.8 Å². The molecule has 1 N–H and O–H groups in total. The maximum Gasteiger partial charge on any atom is 0.173 e. The number of unbranched alkanes of at least 4 members (excludes halogenated alkanes) is 6. The van der Waals surface area contributed by atoms with Gasteiger partial charge in [-0.3, -0.25) is 0 Å². The molecule has 1 unspecified atom stereocenters. The van der Waals surface area contributed by atoms with Gasteiger partial charge < -0.3 is 9.73 Å². The van der Waals surface area contributed by atoms with Crippen LogP contribution in [-0.2, 0) is 0 Å². The Labute approximate surface area is 126 Å². The Kier molecular flexibility index (Phi) is 9.27. The Hall–Kier alpha value is -0.280. The first-order valence-corrected chi connectivity index (χ1v) is 8.55. The maximum atomic E-state index is 5.34. The van der Waals surface area contributed by atoms with Crippen molar-refractivity contribution in [3.05, 3.63) is 22.6 Å². The smallest absolute Gasteiger partial charge is 0.173 e. The highest BCUT2D eigenvalue weighted by atomic mass is 79.9. The molecular formula is C16H28BrNO. The Balaban J connectivity index is 2.22. The molecule has 1 aromatic rings. The lowest BCUT2D eigenvalue weighted by Crippen LogP contribution is -2.20. The zero-order chi connectivity index (χ0) is 13.9. The van der Waals surface area contributed by atoms with E-state index in [4.69, 9.17) is 4.42 Å². The Bertz CT molecular complexity index is 324. The van der Waals surface area contributed by atoms with E-state index in [2.05, 4.69) is 41.2 Å². The highest BCUT2D eigenvalue weighted by Gasteiger charge is 2.15. The lowest BCUT2D eigenvalue weighted by atomic mass is 10.0. The summed E-state index contributed by atoms with van der Waals surface area (Å²) < 4.78 is 6.22. The van der Waals surface area contributed by atoms with E-state index >= 15 is 0 Å². The van der Waals surface area contributed by atoms with Crippen molar-refractivity contribution in [1.82, 2.24) is 5.32 Å². The molecule has 1 rings (SSSR count). The normalized spacial score (nSPS) is 12.8. The van der Waals surface area contributed by atoms with Crippen LogP contribution in [0.4, 0.5) is 0 Å². The van der Waals surface area contributed by atoms with E-state index in [1.54, 1.807) is 6.26 Å². The molecule has 0 spiro atoms. The molecule has 1 atom stereocenters. The lowest BCUT2D eigenvalue weighted by molar-refractivity contribution is 0.462. The van der Waals surface area contributed by atoms with Crippen molar-refractivity contribution < 1.29 is 4.42 Å². The second-order valence-corrected chi connectivity index (χ2v) is 5.89. The van der Waals surface area contributed by atoms with Crippen LogP contribution < -0.4 is 5.32 Å². The van der Waals surface area contributed by atoms with Crippen LogP contribution in [0.15, 0.2) is 21.4 Å². The van der Waals surface area contributed by atoms with Crippen LogP contribution in [0.5, 0.6) is 0 Å². The third-order valence-electron chi connectivity index (χ3n) is 3.57. The fourth-order valence-electron chi connectivity index (χ4n) is 2.47. The molecule has 0 bridgehead atoms. The summed E-state index contributed by atoms with van der Waals surface area (Å²) in [5.41, 5.74) is 1.26. The first-order chi connectivity index (χ1) is 9.29. The third kappa shape index (κ3) is 6.62. The molecule has 110 valence electrons. The zero-order valence-electron chi connectivity index (χ0n) is 12.4. The number of nitrogens with one attached hydrogen (secondary N) is 1. The van der Waals surface area contributed by atoms with Crippen molar-refractivity contribution in [3.63, 3.8) is 0 Å². The van der Waals surface area contributed by atoms with Gasteiger partial charge in [0.05, 0.1) is 6.26 Å². The fraction of sp³-hybridized carbons (Fsp3) is 0.750. The molecule has 0 saturated carbocycles. The van der Waals surface area contributed by atoms with E-state index in [1.165, 1.54) is 56.9 Å². The highest BCUT2D eigenvalue weighted by molar-refractivity contribution is 9.10. The minimum Gasteiger partial charge on any atom is -0.457 e. The average molecular weight is 330 g/mol. The Morgan fingerprint density at radius 3 is 2.37 bits per heavy atom. The largest absolute Gasteiger partial charge is 0.457 e. The van der Waals surface area contributed by atoms with Crippen molar-refractivity contribution >= 4 is 15.9 Å². The quantitative estimate of drug-likeness (QED) is 0.516. The van der Waals surface area contributed by atoms with Crippen molar-refractivity contribution in [3.8, 4) is 0 Å². The molecule has 0 radical (unpaired) electrons. The van der Waals surface area contributed by atoms with Gasteiger partial charge in [-0.05, 0) is 35.0 Å². The van der Waals surface area contributed by atoms with Gasteiger partial charge in [0, 0.05) is 11.6 Å². The van der Waals surface area contributed by atoms with E-state index in [-0.39, 0.29) is 0 Å². The van der Waals surface area contributed by atoms with Crippen molar-refractivity contribution in [2.24, 2.45) is 0 Å². The van der Waals surface area contributed by atoms with Crippen LogP contribution in [0.3, 0.4) is 0 Å². The molecule has 1 aromatic heterocycles. The van der Waals surface area contributed by atoms with Crippen molar-refractivity contribution in [1.29, 1.82) is 0 Å². The zero-order valence-corrected chi connectivity index (χ0v) is 14.0. The van der Waals surface area contributed by atoms with Crippen LogP contribution in [0.25, 0.3) is 0 Å². The third-order valence-corrected chi connectivity index (χ3v) is 4.21. The Morgan fingerprint density at radius 1 is 1.11 bits per heavy atom. The number of rotatable bonds is 11. The van der Waals surface area contributed by atoms with Crippen LogP contribution in [0.2, 0.25) is 0 Å². The van der Waals surface area contributed by atoms with E-state index in [9.17, 15) is 0 Å². The van der Waals surface area contributed by atoms with Gasteiger partial charge in [-0.25, -0.2) is 0 Å². The van der Waals surface area contributed by atoms with E-state index in [0.29, 0.717) is 6.04 Å². The molecule has 0 aromatic carbocycles. The molecule has 0 fully saturated rings. The predicted octanol–water partition coefficient (Wildman–Crippen LogP) is 5.83. The summed E-state index contributed by atoms with van der Waals surface area (Å²) in [6.45, 7) is 5.42. The number of hydrogen-bond donors (Lipinski definition) is 1. The van der Waals surface area contributed by atoms with Crippen LogP contribution in [-0.4, -0.2) is 6.54 Å². The van der Waals surface area contributed by atoms with Gasteiger partial charge in [-0.15, -0.1) is 0 Å². The van der Waals surface area contributed by atoms with Crippen LogP contribution in [0.1, 0.15) is 76.8 Å². The van der Waals surface area contributed by atoms with Crippen molar-refractivity contribution in [2.75, 3.05) is 6.54 Å². The van der Waals surface area contributed by atoms with Gasteiger partial charge in [0.1, 0.15) is 0 Å². The molecule has 2 nitrogen and oxygen atoms in total. The van der Waals surface area contributed by atoms with E-state index in [0.717, 1.165) is 11.2 Å². The molecule has 0 amide bonds. The average Bonchev–Trinajstić information content (AvgIpc) is 2.82. The minimum atomic E-state index is 0.425. The number of hydrogen-bond acceptors (Lipinski definition) is 2. The van der Waals surface area contributed by atoms with Crippen LogP contribution >= 0.6 is 15.9 Å². The van der Waals surface area contributed by atoms with Crippen molar-refractivity contribution in [2.45, 2.75) is 71.3 Å². The first kappa shape index (κ1) is 16.8. The van der Waals surface area contributed by atoms with Gasteiger partial charge in [0.15, 0.2) is 4.67 Å². The maximum absolute atomic E-state index is 5.34. The van der Waals surface area contributed by atoms with Gasteiger partial charge in [0.2, 0.25) is 0 Å². The molecule has 0 aliphatic rings. The summed E-state index contributed by atoms with van der Waals surface area (Å²) in [5.74, 6) is 0. The van der Waals surface area contributed by atoms with Gasteiger partial charge >= 0.3 is 0 Å². The minimum absolute atomic E-state index is 0.425.